The number of rotatable bonds is 2. The van der Waals surface area contributed by atoms with Crippen molar-refractivity contribution < 1.29 is 5.11 Å². The summed E-state index contributed by atoms with van der Waals surface area (Å²) in [7, 11) is 0. The van der Waals surface area contributed by atoms with E-state index in [0.29, 0.717) is 5.15 Å². The van der Waals surface area contributed by atoms with Crippen LogP contribution in [0.3, 0.4) is 0 Å². The van der Waals surface area contributed by atoms with Crippen molar-refractivity contribution in [1.82, 2.24) is 4.98 Å². The molecule has 0 amide bonds. The van der Waals surface area contributed by atoms with Crippen LogP contribution >= 0.6 is 22.9 Å². The molecule has 2 aromatic heterocycles. The van der Waals surface area contributed by atoms with Gasteiger partial charge in [0.25, 0.3) is 0 Å². The Balaban J connectivity index is 2.56. The number of aliphatic hydroxyl groups is 1. The predicted molar refractivity (Wildman–Crippen MR) is 59.8 cm³/mol. The monoisotopic (exact) mass is 225 g/mol. The molecule has 2 nitrogen and oxygen atoms in total. The first-order valence-corrected chi connectivity index (χ1v) is 5.27. The zero-order valence-corrected chi connectivity index (χ0v) is 8.85. The highest BCUT2D eigenvalue weighted by Crippen LogP contribution is 2.29. The lowest BCUT2D eigenvalue weighted by Crippen LogP contribution is -1.86. The highest BCUT2D eigenvalue weighted by Gasteiger charge is 2.08. The van der Waals surface area contributed by atoms with Gasteiger partial charge < -0.3 is 5.11 Å². The maximum absolute atomic E-state index is 9.53. The number of nitrogens with zero attached hydrogens (tertiary/aromatic N) is 1. The van der Waals surface area contributed by atoms with Crippen molar-refractivity contribution in [3.05, 3.63) is 40.9 Å². The Bertz CT molecular complexity index is 480. The van der Waals surface area contributed by atoms with E-state index in [4.69, 9.17) is 11.6 Å². The van der Waals surface area contributed by atoms with Crippen LogP contribution in [0.5, 0.6) is 0 Å². The summed E-state index contributed by atoms with van der Waals surface area (Å²) in [6, 6.07) is 5.47. The van der Waals surface area contributed by atoms with Gasteiger partial charge in [-0.05, 0) is 18.2 Å². The Morgan fingerprint density at radius 2 is 2.36 bits per heavy atom. The molecular formula is C10H8ClNOS. The fraction of sp³-hybridized carbons (Fsp3) is 0.100. The molecule has 0 radical (unpaired) electrons. The zero-order valence-electron chi connectivity index (χ0n) is 7.27. The highest BCUT2D eigenvalue weighted by atomic mass is 35.5. The molecule has 0 saturated carbocycles. The summed E-state index contributed by atoms with van der Waals surface area (Å²) in [5, 5.41) is 10.00. The van der Waals surface area contributed by atoms with Crippen molar-refractivity contribution in [2.75, 3.05) is 0 Å². The van der Waals surface area contributed by atoms with Gasteiger partial charge in [0.1, 0.15) is 11.3 Å². The van der Waals surface area contributed by atoms with Gasteiger partial charge >= 0.3 is 0 Å². The first-order valence-electron chi connectivity index (χ1n) is 4.07. The maximum atomic E-state index is 9.53. The van der Waals surface area contributed by atoms with Gasteiger partial charge in [-0.2, -0.15) is 0 Å². The van der Waals surface area contributed by atoms with Crippen molar-refractivity contribution in [2.24, 2.45) is 0 Å². The van der Waals surface area contributed by atoms with Crippen LogP contribution in [-0.4, -0.2) is 10.1 Å². The topological polar surface area (TPSA) is 33.1 Å². The van der Waals surface area contributed by atoms with Crippen LogP contribution in [0.2, 0.25) is 5.15 Å². The van der Waals surface area contributed by atoms with Crippen LogP contribution in [-0.2, 0) is 0 Å². The van der Waals surface area contributed by atoms with Crippen LogP contribution in [0.15, 0.2) is 30.9 Å². The van der Waals surface area contributed by atoms with Crippen molar-refractivity contribution >= 4 is 33.2 Å². The van der Waals surface area contributed by atoms with E-state index in [1.807, 2.05) is 12.1 Å². The molecule has 2 rings (SSSR count). The third-order valence-corrected chi connectivity index (χ3v) is 3.24. The lowest BCUT2D eigenvalue weighted by Gasteiger charge is -1.97. The Morgan fingerprint density at radius 1 is 1.57 bits per heavy atom. The molecular weight excluding hydrogens is 218 g/mol. The van der Waals surface area contributed by atoms with Crippen LogP contribution in [0.1, 0.15) is 11.0 Å². The van der Waals surface area contributed by atoms with Gasteiger partial charge in [0.05, 0.1) is 10.2 Å². The summed E-state index contributed by atoms with van der Waals surface area (Å²) >= 11 is 7.25. The number of aliphatic hydroxyl groups excluding tert-OH is 1. The van der Waals surface area contributed by atoms with Gasteiger partial charge in [0.15, 0.2) is 0 Å². The third kappa shape index (κ3) is 1.66. The summed E-state index contributed by atoms with van der Waals surface area (Å²) in [6.45, 7) is 3.53. The molecule has 0 aromatic carbocycles. The summed E-state index contributed by atoms with van der Waals surface area (Å²) in [6.07, 6.45) is 0.875. The second-order valence-corrected chi connectivity index (χ2v) is 4.35. The molecule has 1 atom stereocenters. The fourth-order valence-electron chi connectivity index (χ4n) is 1.18. The van der Waals surface area contributed by atoms with Gasteiger partial charge in [-0.15, -0.1) is 17.9 Å². The number of halogens is 1. The maximum Gasteiger partial charge on any atom is 0.129 e. The van der Waals surface area contributed by atoms with Crippen LogP contribution < -0.4 is 0 Å². The van der Waals surface area contributed by atoms with Gasteiger partial charge in [-0.3, -0.25) is 0 Å². The van der Waals surface area contributed by atoms with Gasteiger partial charge in [-0.1, -0.05) is 17.7 Å². The molecule has 0 aliphatic heterocycles. The number of hydrogen-bond acceptors (Lipinski definition) is 3. The van der Waals surface area contributed by atoms with E-state index >= 15 is 0 Å². The molecule has 2 heterocycles. The molecule has 0 aliphatic rings. The summed E-state index contributed by atoms with van der Waals surface area (Å²) < 4.78 is 1.02. The summed E-state index contributed by atoms with van der Waals surface area (Å²) in [5.41, 5.74) is 0.818. The lowest BCUT2D eigenvalue weighted by molar-refractivity contribution is 0.233. The molecule has 0 fully saturated rings. The molecule has 72 valence electrons. The van der Waals surface area contributed by atoms with Crippen molar-refractivity contribution in [2.45, 2.75) is 6.10 Å². The van der Waals surface area contributed by atoms with Gasteiger partial charge in [0, 0.05) is 4.88 Å². The minimum atomic E-state index is -0.618. The smallest absolute Gasteiger partial charge is 0.129 e. The highest BCUT2D eigenvalue weighted by molar-refractivity contribution is 7.19. The average molecular weight is 226 g/mol. The summed E-state index contributed by atoms with van der Waals surface area (Å²) in [4.78, 5) is 4.98. The van der Waals surface area contributed by atoms with Crippen molar-refractivity contribution in [3.8, 4) is 0 Å². The van der Waals surface area contributed by atoms with E-state index in [-0.39, 0.29) is 0 Å². The number of hydrogen-bond donors (Lipinski definition) is 1. The molecule has 0 saturated heterocycles. The van der Waals surface area contributed by atoms with E-state index in [0.717, 1.165) is 15.1 Å². The quantitative estimate of drug-likeness (QED) is 0.629. The Morgan fingerprint density at radius 3 is 3.07 bits per heavy atom. The number of pyridine rings is 1. The Hall–Kier alpha value is -0.900. The van der Waals surface area contributed by atoms with E-state index in [1.165, 1.54) is 17.4 Å². The first kappa shape index (κ1) is 9.65. The molecule has 2 aromatic rings. The molecule has 1 unspecified atom stereocenters. The zero-order chi connectivity index (χ0) is 10.1. The van der Waals surface area contributed by atoms with Crippen molar-refractivity contribution in [1.29, 1.82) is 0 Å². The first-order chi connectivity index (χ1) is 6.70. The molecule has 0 aliphatic carbocycles. The Labute approximate surface area is 90.5 Å². The average Bonchev–Trinajstić information content (AvgIpc) is 2.59. The molecule has 1 N–H and O–H groups in total. The SMILES string of the molecule is C=CC(O)c1cc2nc(Cl)ccc2s1. The number of aromatic nitrogens is 1. The van der Waals surface area contributed by atoms with Gasteiger partial charge in [-0.25, -0.2) is 4.98 Å². The van der Waals surface area contributed by atoms with E-state index in [2.05, 4.69) is 11.6 Å². The van der Waals surface area contributed by atoms with E-state index in [9.17, 15) is 5.11 Å². The fourth-order valence-corrected chi connectivity index (χ4v) is 2.32. The third-order valence-electron chi connectivity index (χ3n) is 1.87. The van der Waals surface area contributed by atoms with Crippen LogP contribution in [0, 0.1) is 0 Å². The Kier molecular flexibility index (Phi) is 2.54. The number of fused-ring (bicyclic) bond motifs is 1. The van der Waals surface area contributed by atoms with Crippen LogP contribution in [0.25, 0.3) is 10.2 Å². The largest absolute Gasteiger partial charge is 0.383 e. The minimum absolute atomic E-state index is 0.468. The standard InChI is InChI=1S/C10H8ClNOS/c1-2-7(13)9-5-6-8(14-9)3-4-10(11)12-6/h2-5,7,13H,1H2. The van der Waals surface area contributed by atoms with Crippen molar-refractivity contribution in [3.63, 3.8) is 0 Å². The summed E-state index contributed by atoms with van der Waals surface area (Å²) in [5.74, 6) is 0. The molecule has 14 heavy (non-hydrogen) atoms. The minimum Gasteiger partial charge on any atom is -0.383 e. The normalized spacial score (nSPS) is 13.0. The molecule has 4 heteroatoms. The lowest BCUT2D eigenvalue weighted by atomic mass is 10.3. The van der Waals surface area contributed by atoms with E-state index in [1.54, 1.807) is 6.07 Å². The second kappa shape index (κ2) is 3.69. The number of thiophene rings is 1. The van der Waals surface area contributed by atoms with Crippen LogP contribution in [0.4, 0.5) is 0 Å². The van der Waals surface area contributed by atoms with E-state index < -0.39 is 6.10 Å². The molecule has 0 spiro atoms. The predicted octanol–water partition coefficient (Wildman–Crippen LogP) is 3.17. The second-order valence-electron chi connectivity index (χ2n) is 2.85. The van der Waals surface area contributed by atoms with Gasteiger partial charge in [0.2, 0.25) is 0 Å². The molecule has 0 bridgehead atoms.